The first-order valence-electron chi connectivity index (χ1n) is 2.32. The second kappa shape index (κ2) is 3.63. The van der Waals surface area contributed by atoms with Gasteiger partial charge in [0.15, 0.2) is 0 Å². The van der Waals surface area contributed by atoms with Gasteiger partial charge in [-0.25, -0.2) is 4.79 Å². The first-order chi connectivity index (χ1) is 4.42. The molecule has 0 saturated heterocycles. The quantitative estimate of drug-likeness (QED) is 0.365. The van der Waals surface area contributed by atoms with Gasteiger partial charge in [0.05, 0.1) is 6.16 Å². The van der Waals surface area contributed by atoms with E-state index in [2.05, 4.69) is 0 Å². The minimum Gasteiger partial charge on any atom is -0.687 e. The van der Waals surface area contributed by atoms with Gasteiger partial charge in [-0.05, 0) is 6.08 Å². The van der Waals surface area contributed by atoms with Crippen molar-refractivity contribution in [3.63, 3.8) is 0 Å². The highest BCUT2D eigenvalue weighted by molar-refractivity contribution is 7.54. The Morgan fingerprint density at radius 3 is 2.30 bits per heavy atom. The summed E-state index contributed by atoms with van der Waals surface area (Å²) >= 11 is 0. The van der Waals surface area contributed by atoms with Gasteiger partial charge < -0.3 is 19.8 Å². The largest absolute Gasteiger partial charge is 0.687 e. The molecule has 6 heteroatoms. The van der Waals surface area contributed by atoms with E-state index in [4.69, 9.17) is 5.11 Å². The van der Waals surface area contributed by atoms with Gasteiger partial charge in [0, 0.05) is 6.08 Å². The Morgan fingerprint density at radius 2 is 2.00 bits per heavy atom. The second-order valence-corrected chi connectivity index (χ2v) is 3.12. The minimum absolute atomic E-state index is 0.614. The van der Waals surface area contributed by atoms with Crippen molar-refractivity contribution in [2.45, 2.75) is 0 Å². The first-order valence-corrected chi connectivity index (χ1v) is 4.05. The van der Waals surface area contributed by atoms with Crippen LogP contribution in [0, 0.1) is 0 Å². The van der Waals surface area contributed by atoms with Crippen LogP contribution in [0.15, 0.2) is 12.2 Å². The summed E-state index contributed by atoms with van der Waals surface area (Å²) in [5.41, 5.74) is 0. The molecule has 0 spiro atoms. The number of aliphatic carboxylic acids is 1. The van der Waals surface area contributed by atoms with Crippen LogP contribution >= 0.6 is 7.94 Å². The summed E-state index contributed by atoms with van der Waals surface area (Å²) in [6.07, 6.45) is 0.658. The van der Waals surface area contributed by atoms with Crippen LogP contribution in [-0.4, -0.2) is 17.2 Å². The zero-order valence-electron chi connectivity index (χ0n) is 4.89. The third-order valence-electron chi connectivity index (χ3n) is 0.589. The van der Waals surface area contributed by atoms with E-state index in [0.717, 1.165) is 6.08 Å². The van der Waals surface area contributed by atoms with E-state index in [1.54, 1.807) is 0 Å². The second-order valence-electron chi connectivity index (χ2n) is 1.53. The fourth-order valence-electron chi connectivity index (χ4n) is 0.283. The SMILES string of the molecule is O=C(O)/C=C/C[P+]([O-])([O-])[O-]. The van der Waals surface area contributed by atoms with E-state index >= 15 is 0 Å². The molecule has 0 bridgehead atoms. The normalized spacial score (nSPS) is 12.3. The lowest BCUT2D eigenvalue weighted by Gasteiger charge is -2.41. The average molecular weight is 164 g/mol. The molecule has 0 aliphatic heterocycles. The zero-order chi connectivity index (χ0) is 8.20. The molecule has 0 atom stereocenters. The Morgan fingerprint density at radius 1 is 1.50 bits per heavy atom. The Bertz CT molecular complexity index is 146. The maximum Gasteiger partial charge on any atom is 0.328 e. The molecule has 0 aromatic rings. The Balaban J connectivity index is 3.64. The van der Waals surface area contributed by atoms with Crippen LogP contribution in [0.5, 0.6) is 0 Å². The monoisotopic (exact) mass is 164 g/mol. The molecule has 1 N–H and O–H groups in total. The molecule has 0 saturated carbocycles. The van der Waals surface area contributed by atoms with Crippen molar-refractivity contribution < 1.29 is 24.6 Å². The lowest BCUT2D eigenvalue weighted by Crippen LogP contribution is -2.34. The van der Waals surface area contributed by atoms with E-state index in [-0.39, 0.29) is 0 Å². The molecule has 0 unspecified atom stereocenters. The van der Waals surface area contributed by atoms with E-state index in [1.807, 2.05) is 0 Å². The Hall–Kier alpha value is -0.480. The zero-order valence-corrected chi connectivity index (χ0v) is 5.78. The lowest BCUT2D eigenvalue weighted by atomic mass is 10.5. The third-order valence-corrected chi connectivity index (χ3v) is 1.25. The predicted octanol–water partition coefficient (Wildman–Crippen LogP) is -2.53. The summed E-state index contributed by atoms with van der Waals surface area (Å²) < 4.78 is 0. The summed E-state index contributed by atoms with van der Waals surface area (Å²) in [6, 6.07) is 0. The molecule has 58 valence electrons. The van der Waals surface area contributed by atoms with Crippen molar-refractivity contribution in [1.29, 1.82) is 0 Å². The lowest BCUT2D eigenvalue weighted by molar-refractivity contribution is -0.426. The van der Waals surface area contributed by atoms with Gasteiger partial charge in [-0.1, -0.05) is 0 Å². The molecule has 0 aromatic carbocycles. The van der Waals surface area contributed by atoms with Gasteiger partial charge >= 0.3 is 5.97 Å². The van der Waals surface area contributed by atoms with Crippen molar-refractivity contribution in [1.82, 2.24) is 0 Å². The molecule has 0 fully saturated rings. The highest BCUT2D eigenvalue weighted by atomic mass is 31.2. The molecule has 5 nitrogen and oxygen atoms in total. The van der Waals surface area contributed by atoms with Crippen molar-refractivity contribution in [2.24, 2.45) is 0 Å². The predicted molar refractivity (Wildman–Crippen MR) is 28.6 cm³/mol. The number of allylic oxidation sites excluding steroid dienone is 1. The van der Waals surface area contributed by atoms with Crippen molar-refractivity contribution >= 4 is 13.9 Å². The molecule has 10 heavy (non-hydrogen) atoms. The molecule has 0 radical (unpaired) electrons. The number of hydrogen-bond acceptors (Lipinski definition) is 4. The van der Waals surface area contributed by atoms with E-state index < -0.39 is 20.1 Å². The van der Waals surface area contributed by atoms with Gasteiger partial charge in [0.1, 0.15) is 0 Å². The average Bonchev–Trinajstić information content (AvgIpc) is 1.59. The number of rotatable bonds is 3. The van der Waals surface area contributed by atoms with Crippen LogP contribution in [0.25, 0.3) is 0 Å². The maximum absolute atomic E-state index is 9.84. The summed E-state index contributed by atoms with van der Waals surface area (Å²) in [7, 11) is -4.57. The van der Waals surface area contributed by atoms with Gasteiger partial charge in [-0.15, -0.1) is 0 Å². The summed E-state index contributed by atoms with van der Waals surface area (Å²) in [5, 5.41) is 7.93. The van der Waals surface area contributed by atoms with Gasteiger partial charge in [-0.2, -0.15) is 7.94 Å². The van der Waals surface area contributed by atoms with Gasteiger partial charge in [-0.3, -0.25) is 0 Å². The van der Waals surface area contributed by atoms with Crippen LogP contribution in [0.1, 0.15) is 0 Å². The maximum atomic E-state index is 9.84. The number of carboxylic acid groups (broad SMARTS) is 1. The van der Waals surface area contributed by atoms with E-state index in [9.17, 15) is 19.5 Å². The molecule has 0 aliphatic carbocycles. The molecule has 0 aromatic heterocycles. The fraction of sp³-hybridized carbons (Fsp3) is 0.250. The number of carboxylic acids is 1. The Kier molecular flexibility index (Phi) is 3.46. The smallest absolute Gasteiger partial charge is 0.328 e. The summed E-state index contributed by atoms with van der Waals surface area (Å²) in [4.78, 5) is 39.2. The van der Waals surface area contributed by atoms with Crippen LogP contribution in [0.3, 0.4) is 0 Å². The third kappa shape index (κ3) is 7.52. The van der Waals surface area contributed by atoms with Crippen LogP contribution < -0.4 is 14.7 Å². The van der Waals surface area contributed by atoms with Crippen molar-refractivity contribution in [3.8, 4) is 0 Å². The molecule has 0 amide bonds. The standard InChI is InChI=1S/C4H7O5P/c5-4(6)2-1-3-10(7,8)9/h1-2H,3H2,(H,5,6)(H2,7,8,9)/p-2/b2-1+. The van der Waals surface area contributed by atoms with Gasteiger partial charge in [0.2, 0.25) is 0 Å². The molecule has 0 heterocycles. The van der Waals surface area contributed by atoms with Crippen LogP contribution in [-0.2, 0) is 4.79 Å². The topological polar surface area (TPSA) is 106 Å². The fourth-order valence-corrected chi connectivity index (χ4v) is 0.646. The number of hydrogen-bond donors (Lipinski definition) is 1. The highest BCUT2D eigenvalue weighted by Gasteiger charge is 1.91. The minimum atomic E-state index is -4.57. The van der Waals surface area contributed by atoms with Crippen LogP contribution in [0.2, 0.25) is 0 Å². The Labute approximate surface area is 57.8 Å². The highest BCUT2D eigenvalue weighted by Crippen LogP contribution is 2.26. The molecular weight excluding hydrogens is 159 g/mol. The molecule has 0 rings (SSSR count). The van der Waals surface area contributed by atoms with Crippen molar-refractivity contribution in [2.75, 3.05) is 6.16 Å². The molecular formula is C4H5O5P-2. The summed E-state index contributed by atoms with van der Waals surface area (Å²) in [6.45, 7) is 0. The molecule has 0 aliphatic rings. The van der Waals surface area contributed by atoms with Gasteiger partial charge in [0.25, 0.3) is 0 Å². The van der Waals surface area contributed by atoms with Crippen LogP contribution in [0.4, 0.5) is 0 Å². The first kappa shape index (κ1) is 9.52. The van der Waals surface area contributed by atoms with E-state index in [0.29, 0.717) is 6.08 Å². The van der Waals surface area contributed by atoms with Crippen molar-refractivity contribution in [3.05, 3.63) is 12.2 Å². The van der Waals surface area contributed by atoms with E-state index in [1.165, 1.54) is 0 Å². The summed E-state index contributed by atoms with van der Waals surface area (Å²) in [5.74, 6) is -1.27. The number of carbonyl (C=O) groups is 1.